The number of urea groups is 1. The second kappa shape index (κ2) is 8.78. The number of anilines is 1. The highest BCUT2D eigenvalue weighted by atomic mass is 16.5. The van der Waals surface area contributed by atoms with Gasteiger partial charge in [0, 0.05) is 17.5 Å². The van der Waals surface area contributed by atoms with Crippen LogP contribution in [0.1, 0.15) is 16.7 Å². The van der Waals surface area contributed by atoms with E-state index in [-0.39, 0.29) is 13.2 Å². The number of carbonyl (C=O) groups excluding carboxylic acids is 1. The first-order valence-electron chi connectivity index (χ1n) is 11.1. The van der Waals surface area contributed by atoms with Crippen molar-refractivity contribution >= 4 is 22.6 Å². The molecule has 0 atom stereocenters. The van der Waals surface area contributed by atoms with Gasteiger partial charge in [-0.2, -0.15) is 5.32 Å². The second-order valence-electron chi connectivity index (χ2n) is 8.37. The molecule has 4 aromatic rings. The quantitative estimate of drug-likeness (QED) is 0.345. The SMILES string of the molecule is COc1cc2c(cc1-c1ccccc1)-c1cc3cc(CO)c(CO)cc3c(NC(N)=O)[n+]1CC2. The van der Waals surface area contributed by atoms with Gasteiger partial charge in [-0.25, -0.2) is 9.36 Å². The lowest BCUT2D eigenvalue weighted by Gasteiger charge is -2.23. The lowest BCUT2D eigenvalue weighted by Crippen LogP contribution is -2.44. The van der Waals surface area contributed by atoms with Crippen LogP contribution >= 0.6 is 0 Å². The zero-order valence-corrected chi connectivity index (χ0v) is 18.8. The number of aromatic nitrogens is 1. The number of fused-ring (bicyclic) bond motifs is 4. The van der Waals surface area contributed by atoms with E-state index in [2.05, 4.69) is 28.1 Å². The van der Waals surface area contributed by atoms with Crippen LogP contribution in [-0.2, 0) is 26.2 Å². The van der Waals surface area contributed by atoms with Crippen molar-refractivity contribution in [2.75, 3.05) is 12.4 Å². The predicted octanol–water partition coefficient (Wildman–Crippen LogP) is 3.50. The fraction of sp³-hybridized carbons (Fsp3) is 0.185. The molecule has 5 rings (SSSR count). The zero-order valence-electron chi connectivity index (χ0n) is 18.8. The molecule has 0 bridgehead atoms. The lowest BCUT2D eigenvalue weighted by atomic mass is 9.90. The molecule has 0 saturated heterocycles. The first-order valence-corrected chi connectivity index (χ1v) is 11.1. The Hall–Kier alpha value is -3.94. The van der Waals surface area contributed by atoms with Crippen molar-refractivity contribution in [1.29, 1.82) is 0 Å². The molecule has 7 nitrogen and oxygen atoms in total. The molecular formula is C27H26N3O4+. The number of pyridine rings is 1. The third-order valence-electron chi connectivity index (χ3n) is 6.45. The summed E-state index contributed by atoms with van der Waals surface area (Å²) in [5.74, 6) is 1.38. The average Bonchev–Trinajstić information content (AvgIpc) is 2.87. The Bertz CT molecular complexity index is 1420. The van der Waals surface area contributed by atoms with E-state index in [1.165, 1.54) is 0 Å². The summed E-state index contributed by atoms with van der Waals surface area (Å²) in [6.45, 7) is 0.227. The molecule has 0 spiro atoms. The molecule has 1 aliphatic heterocycles. The van der Waals surface area contributed by atoms with Crippen LogP contribution in [0.2, 0.25) is 0 Å². The minimum Gasteiger partial charge on any atom is -0.496 e. The number of aryl methyl sites for hydroxylation is 1. The van der Waals surface area contributed by atoms with Crippen molar-refractivity contribution in [2.24, 2.45) is 5.73 Å². The lowest BCUT2D eigenvalue weighted by molar-refractivity contribution is -0.672. The molecule has 172 valence electrons. The summed E-state index contributed by atoms with van der Waals surface area (Å²) in [5.41, 5.74) is 11.9. The van der Waals surface area contributed by atoms with Crippen molar-refractivity contribution in [3.05, 3.63) is 77.4 Å². The number of primary amides is 1. The van der Waals surface area contributed by atoms with Gasteiger partial charge in [-0.05, 0) is 58.0 Å². The van der Waals surface area contributed by atoms with Gasteiger partial charge >= 0.3 is 6.03 Å². The van der Waals surface area contributed by atoms with Gasteiger partial charge in [-0.1, -0.05) is 30.3 Å². The Morgan fingerprint density at radius 2 is 1.76 bits per heavy atom. The molecule has 34 heavy (non-hydrogen) atoms. The third-order valence-corrected chi connectivity index (χ3v) is 6.45. The van der Waals surface area contributed by atoms with Crippen molar-refractivity contribution in [1.82, 2.24) is 0 Å². The standard InChI is InChI=1S/C27H25N3O4/c1-34-25-12-17-7-8-30-24(21(17)13-22(25)16-5-3-2-4-6-16)11-18-9-19(14-31)20(15-32)10-23(18)26(30)29-27(28)33/h2-6,9-13,31-32H,7-8,14-15H2,1H3,(H2,28,33)/p+1. The summed E-state index contributed by atoms with van der Waals surface area (Å²) in [4.78, 5) is 11.9. The van der Waals surface area contributed by atoms with Crippen LogP contribution in [0.3, 0.4) is 0 Å². The largest absolute Gasteiger partial charge is 0.496 e. The molecule has 2 heterocycles. The maximum absolute atomic E-state index is 11.9. The van der Waals surface area contributed by atoms with Crippen molar-refractivity contribution in [3.8, 4) is 28.1 Å². The molecule has 5 N–H and O–H groups in total. The first kappa shape index (κ1) is 21.9. The molecule has 7 heteroatoms. The van der Waals surface area contributed by atoms with E-state index in [0.717, 1.165) is 50.9 Å². The smallest absolute Gasteiger partial charge is 0.404 e. The highest BCUT2D eigenvalue weighted by Gasteiger charge is 2.29. The molecule has 0 radical (unpaired) electrons. The fourth-order valence-electron chi connectivity index (χ4n) is 4.84. The van der Waals surface area contributed by atoms with E-state index in [4.69, 9.17) is 10.5 Å². The van der Waals surface area contributed by atoms with Crippen molar-refractivity contribution in [2.45, 2.75) is 26.2 Å². The topological polar surface area (TPSA) is 109 Å². The number of ether oxygens (including phenoxy) is 1. The number of methoxy groups -OCH3 is 1. The van der Waals surface area contributed by atoms with E-state index < -0.39 is 6.03 Å². The summed E-state index contributed by atoms with van der Waals surface area (Å²) < 4.78 is 7.78. The summed E-state index contributed by atoms with van der Waals surface area (Å²) in [7, 11) is 1.68. The Morgan fingerprint density at radius 3 is 2.44 bits per heavy atom. The molecule has 0 aliphatic carbocycles. The number of rotatable bonds is 5. The number of hydrogen-bond donors (Lipinski definition) is 4. The minimum atomic E-state index is -0.663. The average molecular weight is 457 g/mol. The highest BCUT2D eigenvalue weighted by molar-refractivity contribution is 6.00. The normalized spacial score (nSPS) is 12.2. The fourth-order valence-corrected chi connectivity index (χ4v) is 4.84. The summed E-state index contributed by atoms with van der Waals surface area (Å²) in [5, 5.41) is 24.0. The maximum Gasteiger partial charge on any atom is 0.404 e. The van der Waals surface area contributed by atoms with Crippen LogP contribution < -0.4 is 20.4 Å². The van der Waals surface area contributed by atoms with Crippen LogP contribution in [0.5, 0.6) is 5.75 Å². The molecule has 0 fully saturated rings. The Morgan fingerprint density at radius 1 is 1.03 bits per heavy atom. The molecule has 1 aromatic heterocycles. The number of amides is 2. The summed E-state index contributed by atoms with van der Waals surface area (Å²) in [6, 6.07) is 19.3. The Kier molecular flexibility index (Phi) is 5.65. The van der Waals surface area contributed by atoms with Gasteiger partial charge in [-0.15, -0.1) is 0 Å². The molecule has 1 aliphatic rings. The van der Waals surface area contributed by atoms with Crippen LogP contribution in [-0.4, -0.2) is 23.4 Å². The minimum absolute atomic E-state index is 0.194. The van der Waals surface area contributed by atoms with Crippen LogP contribution in [0.4, 0.5) is 10.6 Å². The monoisotopic (exact) mass is 456 g/mol. The van der Waals surface area contributed by atoms with Crippen molar-refractivity contribution < 1.29 is 24.3 Å². The summed E-state index contributed by atoms with van der Waals surface area (Å²) >= 11 is 0. The van der Waals surface area contributed by atoms with E-state index in [0.29, 0.717) is 23.5 Å². The van der Waals surface area contributed by atoms with E-state index in [9.17, 15) is 15.0 Å². The molecule has 2 amide bonds. The van der Waals surface area contributed by atoms with Gasteiger partial charge < -0.3 is 20.7 Å². The predicted molar refractivity (Wildman–Crippen MR) is 130 cm³/mol. The van der Waals surface area contributed by atoms with Crippen LogP contribution in [0.25, 0.3) is 33.2 Å². The van der Waals surface area contributed by atoms with Gasteiger partial charge in [0.25, 0.3) is 5.82 Å². The van der Waals surface area contributed by atoms with E-state index in [1.807, 2.05) is 36.4 Å². The van der Waals surface area contributed by atoms with Crippen LogP contribution in [0, 0.1) is 0 Å². The molecule has 3 aromatic carbocycles. The number of nitrogens with one attached hydrogen (secondary N) is 1. The molecule has 0 saturated carbocycles. The van der Waals surface area contributed by atoms with Crippen molar-refractivity contribution in [3.63, 3.8) is 0 Å². The number of carbonyl (C=O) groups is 1. The van der Waals surface area contributed by atoms with Gasteiger partial charge in [0.1, 0.15) is 11.4 Å². The number of nitrogens with two attached hydrogens (primary N) is 1. The second-order valence-corrected chi connectivity index (χ2v) is 8.37. The number of aliphatic hydroxyl groups excluding tert-OH is 2. The highest BCUT2D eigenvalue weighted by Crippen LogP contribution is 2.39. The van der Waals surface area contributed by atoms with Gasteiger partial charge in [0.2, 0.25) is 0 Å². The van der Waals surface area contributed by atoms with E-state index >= 15 is 0 Å². The maximum atomic E-state index is 11.9. The molecule has 0 unspecified atom stereocenters. The number of hydrogen-bond acceptors (Lipinski definition) is 4. The summed E-state index contributed by atoms with van der Waals surface area (Å²) in [6.07, 6.45) is 0.749. The number of benzene rings is 3. The Balaban J connectivity index is 1.81. The number of nitrogens with zero attached hydrogens (tertiary/aromatic N) is 1. The van der Waals surface area contributed by atoms with Gasteiger partial charge in [0.05, 0.1) is 32.3 Å². The third kappa shape index (κ3) is 3.65. The first-order chi connectivity index (χ1) is 16.5. The van der Waals surface area contributed by atoms with Crippen LogP contribution in [0.15, 0.2) is 60.7 Å². The zero-order chi connectivity index (χ0) is 23.8. The number of aliphatic hydroxyl groups is 2. The van der Waals surface area contributed by atoms with Gasteiger partial charge in [-0.3, -0.25) is 0 Å². The van der Waals surface area contributed by atoms with Gasteiger partial charge in [0.15, 0.2) is 0 Å². The molecular weight excluding hydrogens is 430 g/mol. The van der Waals surface area contributed by atoms with E-state index in [1.54, 1.807) is 13.2 Å². The Labute approximate surface area is 197 Å².